The summed E-state index contributed by atoms with van der Waals surface area (Å²) in [4.78, 5) is 9.18. The first-order valence-electron chi connectivity index (χ1n) is 10.5. The van der Waals surface area contributed by atoms with Crippen molar-refractivity contribution in [2.24, 2.45) is 5.92 Å². The maximum absolute atomic E-state index is 13.1. The first-order chi connectivity index (χ1) is 17.1. The summed E-state index contributed by atoms with van der Waals surface area (Å²) in [6.07, 6.45) is -1.90. The van der Waals surface area contributed by atoms with Crippen LogP contribution in [-0.2, 0) is 0 Å². The van der Waals surface area contributed by atoms with E-state index in [2.05, 4.69) is 20.6 Å². The smallest absolute Gasteiger partial charge is 0.429 e. The number of hydrogen-bond acceptors (Lipinski definition) is 8. The molecule has 3 aromatic rings. The number of alkyl halides is 3. The summed E-state index contributed by atoms with van der Waals surface area (Å²) in [5.74, 6) is 0.145. The molecule has 0 amide bonds. The van der Waals surface area contributed by atoms with E-state index >= 15 is 0 Å². The van der Waals surface area contributed by atoms with Gasteiger partial charge >= 0.3 is 6.18 Å². The van der Waals surface area contributed by atoms with Crippen molar-refractivity contribution < 1.29 is 22.6 Å². The molecule has 13 heteroatoms. The van der Waals surface area contributed by atoms with Crippen molar-refractivity contribution >= 4 is 63.1 Å². The molecule has 4 rings (SSSR count). The molecule has 0 spiro atoms. The lowest BCUT2D eigenvalue weighted by atomic mass is 10.0. The summed E-state index contributed by atoms with van der Waals surface area (Å²) in [6.45, 7) is 0.00577. The van der Waals surface area contributed by atoms with Crippen LogP contribution in [0.3, 0.4) is 0 Å². The molecule has 2 aromatic carbocycles. The van der Waals surface area contributed by atoms with E-state index in [4.69, 9.17) is 38.1 Å². The third-order valence-electron chi connectivity index (χ3n) is 5.37. The van der Waals surface area contributed by atoms with Crippen LogP contribution in [0.4, 0.5) is 24.7 Å². The number of methoxy groups -OCH3 is 1. The molecule has 2 atom stereocenters. The molecule has 190 valence electrons. The second-order valence-corrected chi connectivity index (χ2v) is 9.76. The number of rotatable bonds is 8. The van der Waals surface area contributed by atoms with Crippen molar-refractivity contribution in [3.63, 3.8) is 0 Å². The van der Waals surface area contributed by atoms with Crippen LogP contribution in [0, 0.1) is 11.3 Å². The zero-order valence-corrected chi connectivity index (χ0v) is 21.2. The third-order valence-corrected chi connectivity index (χ3v) is 7.44. The Morgan fingerprint density at radius 1 is 1.14 bits per heavy atom. The molecule has 2 unspecified atom stereocenters. The first kappa shape index (κ1) is 26.3. The predicted octanol–water partition coefficient (Wildman–Crippen LogP) is 6.44. The minimum absolute atomic E-state index is 0.00577. The molecule has 0 fully saturated rings. The fraction of sp³-hybridized carbons (Fsp3) is 0.261. The minimum Gasteiger partial charge on any atom is -0.493 e. The summed E-state index contributed by atoms with van der Waals surface area (Å²) in [5.41, 5.74) is -0.0699. The molecule has 0 bridgehead atoms. The zero-order valence-electron chi connectivity index (χ0n) is 18.9. The third kappa shape index (κ3) is 5.64. The van der Waals surface area contributed by atoms with Crippen LogP contribution in [0.2, 0.25) is 10.0 Å². The van der Waals surface area contributed by atoms with E-state index in [1.807, 2.05) is 0 Å². The Bertz CT molecular complexity index is 1340. The lowest BCUT2D eigenvalue weighted by Gasteiger charge is -2.20. The highest BCUT2D eigenvalue weighted by molar-refractivity contribution is 8.04. The number of fused-ring (bicyclic) bond motifs is 1. The lowest BCUT2D eigenvalue weighted by molar-refractivity contribution is -0.0629. The summed E-state index contributed by atoms with van der Waals surface area (Å²) in [5, 5.41) is 14.4. The van der Waals surface area contributed by atoms with E-state index in [1.165, 1.54) is 31.3 Å². The molecule has 2 heterocycles. The molecule has 0 radical (unpaired) electrons. The number of ether oxygens (including phenoxy) is 2. The molecule has 3 N–H and O–H groups in total. The van der Waals surface area contributed by atoms with Crippen LogP contribution >= 0.6 is 35.0 Å². The molecule has 1 aliphatic rings. The highest BCUT2D eigenvalue weighted by Gasteiger charge is 2.44. The number of nitrogens with zero attached hydrogens (tertiary/aromatic N) is 2. The summed E-state index contributed by atoms with van der Waals surface area (Å²) in [7, 11) is 3.03. The van der Waals surface area contributed by atoms with Gasteiger partial charge in [-0.2, -0.15) is 13.2 Å². The molecule has 36 heavy (non-hydrogen) atoms. The zero-order chi connectivity index (χ0) is 26.0. The lowest BCUT2D eigenvalue weighted by Crippen LogP contribution is -2.38. The van der Waals surface area contributed by atoms with Crippen LogP contribution in [0.1, 0.15) is 0 Å². The number of nitrogens with one attached hydrogen (secondary N) is 3. The van der Waals surface area contributed by atoms with Crippen LogP contribution in [0.5, 0.6) is 11.5 Å². The monoisotopic (exact) mass is 557 g/mol. The molecule has 0 aliphatic carbocycles. The van der Waals surface area contributed by atoms with Crippen molar-refractivity contribution in [1.29, 1.82) is 5.41 Å². The topological polar surface area (TPSA) is 92.2 Å². The van der Waals surface area contributed by atoms with Gasteiger partial charge in [0.15, 0.2) is 11.5 Å². The number of thioether (sulfide) groups is 1. The fourth-order valence-corrected chi connectivity index (χ4v) is 5.06. The standard InChI is InChI=1S/C23H20Cl2F3N5O2S/c1-30-22-14(20(29)23(26,27)28)6-12(36-22)9-35-19-8-17-13(7-18(19)34-2)21(32-10-31-17)33-11-3-4-15(24)16(25)5-11/h3-8,10,14,22,29-30H,9H2,1-2H3,(H,31,32,33). The van der Waals surface area contributed by atoms with E-state index in [9.17, 15) is 13.2 Å². The van der Waals surface area contributed by atoms with Gasteiger partial charge in [-0.05, 0) is 31.3 Å². The summed E-state index contributed by atoms with van der Waals surface area (Å²) < 4.78 is 50.6. The Morgan fingerprint density at radius 2 is 1.92 bits per heavy atom. The second-order valence-electron chi connectivity index (χ2n) is 7.68. The Kier molecular flexibility index (Phi) is 7.84. The van der Waals surface area contributed by atoms with Gasteiger partial charge < -0.3 is 20.1 Å². The van der Waals surface area contributed by atoms with Gasteiger partial charge in [-0.15, -0.1) is 11.8 Å². The fourth-order valence-electron chi connectivity index (χ4n) is 3.60. The number of halogens is 5. The maximum atomic E-state index is 13.1. The average Bonchev–Trinajstić information content (AvgIpc) is 3.26. The molecule has 1 aromatic heterocycles. The largest absolute Gasteiger partial charge is 0.493 e. The minimum atomic E-state index is -4.70. The Hall–Kier alpha value is -2.73. The van der Waals surface area contributed by atoms with E-state index in [-0.39, 0.29) is 6.61 Å². The Morgan fingerprint density at radius 3 is 2.58 bits per heavy atom. The van der Waals surface area contributed by atoms with Crippen LogP contribution in [0.25, 0.3) is 10.9 Å². The van der Waals surface area contributed by atoms with Gasteiger partial charge in [-0.3, -0.25) is 5.41 Å². The maximum Gasteiger partial charge on any atom is 0.429 e. The Labute approximate surface area is 218 Å². The quantitative estimate of drug-likeness (QED) is 0.274. The molecule has 1 aliphatic heterocycles. The van der Waals surface area contributed by atoms with E-state index < -0.39 is 23.2 Å². The molecular formula is C23H20Cl2F3N5O2S. The van der Waals surface area contributed by atoms with E-state index in [0.717, 1.165) is 0 Å². The van der Waals surface area contributed by atoms with Gasteiger partial charge in [0.1, 0.15) is 24.5 Å². The van der Waals surface area contributed by atoms with E-state index in [1.54, 1.807) is 37.4 Å². The first-order valence-corrected chi connectivity index (χ1v) is 12.1. The highest BCUT2D eigenvalue weighted by Crippen LogP contribution is 2.40. The van der Waals surface area contributed by atoms with Gasteiger partial charge in [0.05, 0.1) is 28.0 Å². The Balaban J connectivity index is 1.57. The van der Waals surface area contributed by atoms with Crippen molar-refractivity contribution in [1.82, 2.24) is 15.3 Å². The van der Waals surface area contributed by atoms with Crippen LogP contribution in [-0.4, -0.2) is 48.0 Å². The molecule has 0 saturated heterocycles. The van der Waals surface area contributed by atoms with E-state index in [0.29, 0.717) is 48.9 Å². The average molecular weight is 558 g/mol. The molecule has 7 nitrogen and oxygen atoms in total. The van der Waals surface area contributed by atoms with Crippen LogP contribution in [0.15, 0.2) is 47.6 Å². The van der Waals surface area contributed by atoms with Crippen molar-refractivity contribution in [2.45, 2.75) is 11.6 Å². The normalized spacial score (nSPS) is 17.7. The SMILES string of the molecule is CNC1SC(COc2cc3ncnc(Nc4ccc(Cl)c(Cl)c4)c3cc2OC)=CC1C(=N)C(F)(F)F. The van der Waals surface area contributed by atoms with Gasteiger partial charge in [-0.25, -0.2) is 9.97 Å². The van der Waals surface area contributed by atoms with Crippen molar-refractivity contribution in [2.75, 3.05) is 26.1 Å². The van der Waals surface area contributed by atoms with Gasteiger partial charge in [0.25, 0.3) is 0 Å². The van der Waals surface area contributed by atoms with Crippen molar-refractivity contribution in [3.8, 4) is 11.5 Å². The van der Waals surface area contributed by atoms with Crippen molar-refractivity contribution in [3.05, 3.63) is 57.7 Å². The second kappa shape index (κ2) is 10.7. The number of benzene rings is 2. The molecule has 0 saturated carbocycles. The number of anilines is 2. The number of aromatic nitrogens is 2. The summed E-state index contributed by atoms with van der Waals surface area (Å²) in [6, 6.07) is 8.47. The number of hydrogen-bond donors (Lipinski definition) is 3. The van der Waals surface area contributed by atoms with Gasteiger partial charge in [0.2, 0.25) is 0 Å². The summed E-state index contributed by atoms with van der Waals surface area (Å²) >= 11 is 13.3. The predicted molar refractivity (Wildman–Crippen MR) is 137 cm³/mol. The highest BCUT2D eigenvalue weighted by atomic mass is 35.5. The van der Waals surface area contributed by atoms with Crippen LogP contribution < -0.4 is 20.1 Å². The molecular weight excluding hydrogens is 538 g/mol. The van der Waals surface area contributed by atoms with Gasteiger partial charge in [0, 0.05) is 28.0 Å². The van der Waals surface area contributed by atoms with Gasteiger partial charge in [-0.1, -0.05) is 29.3 Å².